The number of pyridine rings is 1. The topological polar surface area (TPSA) is 103 Å². The van der Waals surface area contributed by atoms with Gasteiger partial charge >= 0.3 is 6.03 Å². The number of nitrogens with one attached hydrogen (secondary N) is 2. The molecular formula is C29H31N7O3. The molecule has 0 bridgehead atoms. The third-order valence-electron chi connectivity index (χ3n) is 7.09. The van der Waals surface area contributed by atoms with Crippen molar-refractivity contribution in [3.05, 3.63) is 78.6 Å². The summed E-state index contributed by atoms with van der Waals surface area (Å²) in [6, 6.07) is 18.7. The van der Waals surface area contributed by atoms with Gasteiger partial charge in [0.2, 0.25) is 5.91 Å². The zero-order valence-electron chi connectivity index (χ0n) is 22.2. The van der Waals surface area contributed by atoms with Gasteiger partial charge in [-0.2, -0.15) is 0 Å². The van der Waals surface area contributed by atoms with Gasteiger partial charge < -0.3 is 25.3 Å². The summed E-state index contributed by atoms with van der Waals surface area (Å²) < 4.78 is 1.57. The van der Waals surface area contributed by atoms with E-state index in [4.69, 9.17) is 0 Å². The highest BCUT2D eigenvalue weighted by Gasteiger charge is 2.19. The Morgan fingerprint density at radius 2 is 1.62 bits per heavy atom. The summed E-state index contributed by atoms with van der Waals surface area (Å²) in [6.45, 7) is 4.53. The quantitative estimate of drug-likeness (QED) is 0.410. The van der Waals surface area contributed by atoms with Gasteiger partial charge in [0.15, 0.2) is 0 Å². The van der Waals surface area contributed by atoms with Gasteiger partial charge in [0.25, 0.3) is 5.91 Å². The van der Waals surface area contributed by atoms with Crippen molar-refractivity contribution >= 4 is 51.6 Å². The van der Waals surface area contributed by atoms with Crippen LogP contribution in [0, 0.1) is 0 Å². The van der Waals surface area contributed by atoms with E-state index in [1.165, 1.54) is 0 Å². The minimum absolute atomic E-state index is 0.101. The fraction of sp³-hybridized carbons (Fsp3) is 0.241. The van der Waals surface area contributed by atoms with Crippen molar-refractivity contribution in [1.82, 2.24) is 19.8 Å². The smallest absolute Gasteiger partial charge is 0.325 e. The van der Waals surface area contributed by atoms with Crippen molar-refractivity contribution in [2.75, 3.05) is 55.4 Å². The van der Waals surface area contributed by atoms with Gasteiger partial charge in [-0.1, -0.05) is 0 Å². The van der Waals surface area contributed by atoms with Crippen molar-refractivity contribution in [3.63, 3.8) is 0 Å². The number of rotatable bonds is 5. The molecule has 2 aromatic carbocycles. The first-order valence-electron chi connectivity index (χ1n) is 12.8. The van der Waals surface area contributed by atoms with Crippen molar-refractivity contribution in [1.29, 1.82) is 0 Å². The lowest BCUT2D eigenvalue weighted by atomic mass is 10.1. The van der Waals surface area contributed by atoms with Gasteiger partial charge in [-0.05, 0) is 54.6 Å². The summed E-state index contributed by atoms with van der Waals surface area (Å²) in [4.78, 5) is 47.0. The number of carbonyl (C=O) groups excluding carboxylic acids is 3. The Morgan fingerprint density at radius 1 is 0.897 bits per heavy atom. The molecule has 5 rings (SSSR count). The number of aromatic nitrogens is 2. The van der Waals surface area contributed by atoms with Crippen LogP contribution in [-0.2, 0) is 4.79 Å². The molecular weight excluding hydrogens is 494 g/mol. The molecule has 0 unspecified atom stereocenters. The fourth-order valence-corrected chi connectivity index (χ4v) is 4.77. The van der Waals surface area contributed by atoms with E-state index in [2.05, 4.69) is 20.5 Å². The summed E-state index contributed by atoms with van der Waals surface area (Å²) in [7, 11) is 3.54. The maximum atomic E-state index is 12.9. The molecule has 3 heterocycles. The lowest BCUT2D eigenvalue weighted by Crippen LogP contribution is -2.48. The predicted molar refractivity (Wildman–Crippen MR) is 153 cm³/mol. The Balaban J connectivity index is 1.25. The van der Waals surface area contributed by atoms with Crippen molar-refractivity contribution in [2.45, 2.75) is 6.92 Å². The zero-order valence-corrected chi connectivity index (χ0v) is 22.2. The Bertz CT molecular complexity index is 1520. The predicted octanol–water partition coefficient (Wildman–Crippen LogP) is 3.91. The molecule has 3 amide bonds. The van der Waals surface area contributed by atoms with E-state index < -0.39 is 0 Å². The van der Waals surface area contributed by atoms with E-state index in [0.717, 1.165) is 41.1 Å². The van der Waals surface area contributed by atoms with E-state index in [9.17, 15) is 14.4 Å². The number of benzene rings is 2. The van der Waals surface area contributed by atoms with Gasteiger partial charge in [-0.15, -0.1) is 0 Å². The SMILES string of the molecule is CNC(=O)n1ccc2cc(N(C)c3ccnc(NC(=O)c4ccc(N5CCN(C(C)=O)CC5)cc4)c3)ccc21. The highest BCUT2D eigenvalue weighted by atomic mass is 16.2. The maximum Gasteiger partial charge on any atom is 0.325 e. The van der Waals surface area contributed by atoms with Crippen molar-refractivity contribution in [3.8, 4) is 0 Å². The molecule has 0 radical (unpaired) electrons. The molecule has 1 saturated heterocycles. The zero-order chi connectivity index (χ0) is 27.5. The Kier molecular flexibility index (Phi) is 7.18. The van der Waals surface area contributed by atoms with Crippen LogP contribution in [0.2, 0.25) is 0 Å². The number of hydrogen-bond donors (Lipinski definition) is 2. The summed E-state index contributed by atoms with van der Waals surface area (Å²) in [5.74, 6) is 0.303. The minimum Gasteiger partial charge on any atom is -0.368 e. The Morgan fingerprint density at radius 3 is 2.31 bits per heavy atom. The van der Waals surface area contributed by atoms with Crippen LogP contribution >= 0.6 is 0 Å². The number of anilines is 4. The van der Waals surface area contributed by atoms with Crippen LogP contribution in [0.1, 0.15) is 17.3 Å². The van der Waals surface area contributed by atoms with Crippen LogP contribution in [0.15, 0.2) is 73.1 Å². The van der Waals surface area contributed by atoms with E-state index >= 15 is 0 Å². The minimum atomic E-state index is -0.243. The van der Waals surface area contributed by atoms with Crippen LogP contribution in [0.4, 0.5) is 27.7 Å². The second kappa shape index (κ2) is 10.9. The number of hydrogen-bond acceptors (Lipinski definition) is 6. The highest BCUT2D eigenvalue weighted by molar-refractivity contribution is 6.04. The second-order valence-electron chi connectivity index (χ2n) is 9.44. The summed E-state index contributed by atoms with van der Waals surface area (Å²) in [5, 5.41) is 6.47. The van der Waals surface area contributed by atoms with Crippen LogP contribution in [-0.4, -0.2) is 72.6 Å². The average Bonchev–Trinajstić information content (AvgIpc) is 3.40. The number of amides is 3. The Hall–Kier alpha value is -4.86. The van der Waals surface area contributed by atoms with Gasteiger partial charge in [-0.3, -0.25) is 14.2 Å². The third kappa shape index (κ3) is 5.40. The van der Waals surface area contributed by atoms with Crippen LogP contribution in [0.3, 0.4) is 0 Å². The summed E-state index contributed by atoms with van der Waals surface area (Å²) in [5.41, 5.74) is 4.16. The van der Waals surface area contributed by atoms with Gasteiger partial charge in [0.1, 0.15) is 5.82 Å². The molecule has 2 N–H and O–H groups in total. The normalized spacial score (nSPS) is 13.3. The molecule has 10 nitrogen and oxygen atoms in total. The lowest BCUT2D eigenvalue weighted by Gasteiger charge is -2.35. The highest BCUT2D eigenvalue weighted by Crippen LogP contribution is 2.29. The summed E-state index contributed by atoms with van der Waals surface area (Å²) >= 11 is 0. The molecule has 200 valence electrons. The molecule has 2 aromatic heterocycles. The molecule has 0 saturated carbocycles. The van der Waals surface area contributed by atoms with E-state index in [1.807, 2.05) is 65.4 Å². The molecule has 1 aliphatic heterocycles. The lowest BCUT2D eigenvalue weighted by molar-refractivity contribution is -0.129. The standard InChI is InChI=1S/C29H31N7O3/c1-20(37)34-14-16-35(17-15-34)23-6-4-21(5-7-23)28(38)32-27-19-25(10-12-31-27)33(3)24-8-9-26-22(18-24)11-13-36(26)29(39)30-2/h4-13,18-19H,14-17H2,1-3H3,(H,30,39)(H,31,32,38). The number of carbonyl (C=O) groups is 3. The molecule has 1 fully saturated rings. The molecule has 1 aliphatic rings. The van der Waals surface area contributed by atoms with Gasteiger partial charge in [-0.25, -0.2) is 9.78 Å². The van der Waals surface area contributed by atoms with E-state index in [-0.39, 0.29) is 17.8 Å². The number of nitrogens with zero attached hydrogens (tertiary/aromatic N) is 5. The molecule has 0 spiro atoms. The first kappa shape index (κ1) is 25.8. The van der Waals surface area contributed by atoms with Crippen molar-refractivity contribution in [2.24, 2.45) is 0 Å². The molecule has 0 aliphatic carbocycles. The largest absolute Gasteiger partial charge is 0.368 e. The van der Waals surface area contributed by atoms with E-state index in [1.54, 1.807) is 43.1 Å². The molecule has 0 atom stereocenters. The van der Waals surface area contributed by atoms with Crippen LogP contribution in [0.25, 0.3) is 10.9 Å². The first-order valence-corrected chi connectivity index (χ1v) is 12.8. The first-order chi connectivity index (χ1) is 18.8. The van der Waals surface area contributed by atoms with Crippen molar-refractivity contribution < 1.29 is 14.4 Å². The molecule has 4 aromatic rings. The third-order valence-corrected chi connectivity index (χ3v) is 7.09. The monoisotopic (exact) mass is 525 g/mol. The number of piperazine rings is 1. The molecule has 39 heavy (non-hydrogen) atoms. The fourth-order valence-electron chi connectivity index (χ4n) is 4.77. The molecule has 10 heteroatoms. The van der Waals surface area contributed by atoms with Gasteiger partial charge in [0, 0.05) is 93.7 Å². The van der Waals surface area contributed by atoms with Crippen LogP contribution in [0.5, 0.6) is 0 Å². The summed E-state index contributed by atoms with van der Waals surface area (Å²) in [6.07, 6.45) is 3.40. The van der Waals surface area contributed by atoms with E-state index in [0.29, 0.717) is 24.5 Å². The second-order valence-corrected chi connectivity index (χ2v) is 9.44. The Labute approximate surface area is 226 Å². The maximum absolute atomic E-state index is 12.9. The average molecular weight is 526 g/mol. The van der Waals surface area contributed by atoms with Gasteiger partial charge in [0.05, 0.1) is 5.52 Å². The van der Waals surface area contributed by atoms with Crippen LogP contribution < -0.4 is 20.4 Å². The number of fused-ring (bicyclic) bond motifs is 1.